The third-order valence-electron chi connectivity index (χ3n) is 6.82. The van der Waals surface area contributed by atoms with Gasteiger partial charge in [0.15, 0.2) is 0 Å². The molecule has 0 aliphatic heterocycles. The standard InChI is InChI=1S/C32H41N3O4S/c1-23(2)28-14-16-29(17-15-28)35(40(38,39)30-18-12-25(5)13-19-30)22-31(36)34(26(6)32(37)33-24(3)4)21-20-27-10-8-7-9-11-27/h7-19,23-24,26H,20-22H2,1-6H3,(H,33,37). The van der Waals surface area contributed by atoms with Gasteiger partial charge < -0.3 is 10.2 Å². The Morgan fingerprint density at radius 2 is 1.43 bits per heavy atom. The van der Waals surface area contributed by atoms with E-state index in [1.165, 1.54) is 4.90 Å². The van der Waals surface area contributed by atoms with Crippen molar-refractivity contribution in [2.24, 2.45) is 0 Å². The molecule has 1 N–H and O–H groups in total. The fourth-order valence-corrected chi connectivity index (χ4v) is 5.78. The Morgan fingerprint density at radius 1 is 0.825 bits per heavy atom. The lowest BCUT2D eigenvalue weighted by Crippen LogP contribution is -2.53. The number of sulfonamides is 1. The van der Waals surface area contributed by atoms with Crippen molar-refractivity contribution in [1.29, 1.82) is 0 Å². The van der Waals surface area contributed by atoms with Gasteiger partial charge in [0.2, 0.25) is 11.8 Å². The van der Waals surface area contributed by atoms with Crippen molar-refractivity contribution >= 4 is 27.5 Å². The zero-order valence-corrected chi connectivity index (χ0v) is 25.1. The minimum Gasteiger partial charge on any atom is -0.352 e. The van der Waals surface area contributed by atoms with E-state index in [-0.39, 0.29) is 29.3 Å². The van der Waals surface area contributed by atoms with E-state index >= 15 is 0 Å². The minimum atomic E-state index is -4.08. The molecule has 8 heteroatoms. The van der Waals surface area contributed by atoms with E-state index in [0.29, 0.717) is 12.1 Å². The fourth-order valence-electron chi connectivity index (χ4n) is 4.37. The van der Waals surface area contributed by atoms with Crippen LogP contribution in [0.1, 0.15) is 57.2 Å². The Labute approximate surface area is 239 Å². The molecular formula is C32H41N3O4S. The quantitative estimate of drug-likeness (QED) is 0.324. The van der Waals surface area contributed by atoms with Crippen molar-refractivity contribution in [1.82, 2.24) is 10.2 Å². The first-order chi connectivity index (χ1) is 18.9. The highest BCUT2D eigenvalue weighted by Gasteiger charge is 2.32. The molecule has 0 heterocycles. The zero-order chi connectivity index (χ0) is 29.4. The van der Waals surface area contributed by atoms with Gasteiger partial charge in [0.1, 0.15) is 12.6 Å². The lowest BCUT2D eigenvalue weighted by Gasteiger charge is -2.32. The molecule has 0 fully saturated rings. The minimum absolute atomic E-state index is 0.0975. The lowest BCUT2D eigenvalue weighted by atomic mass is 10.0. The highest BCUT2D eigenvalue weighted by Crippen LogP contribution is 2.26. The molecule has 0 aliphatic rings. The van der Waals surface area contributed by atoms with Crippen LogP contribution in [-0.2, 0) is 26.0 Å². The van der Waals surface area contributed by atoms with Crippen molar-refractivity contribution in [3.8, 4) is 0 Å². The number of hydrogen-bond acceptors (Lipinski definition) is 4. The summed E-state index contributed by atoms with van der Waals surface area (Å²) in [7, 11) is -4.08. The second-order valence-electron chi connectivity index (χ2n) is 10.7. The predicted octanol–water partition coefficient (Wildman–Crippen LogP) is 5.30. The number of nitrogens with zero attached hydrogens (tertiary/aromatic N) is 2. The first-order valence-corrected chi connectivity index (χ1v) is 15.2. The molecule has 0 radical (unpaired) electrons. The maximum Gasteiger partial charge on any atom is 0.264 e. The summed E-state index contributed by atoms with van der Waals surface area (Å²) in [6.07, 6.45) is 0.527. The molecule has 7 nitrogen and oxygen atoms in total. The topological polar surface area (TPSA) is 86.8 Å². The van der Waals surface area contributed by atoms with Gasteiger partial charge in [-0.25, -0.2) is 8.42 Å². The fraction of sp³-hybridized carbons (Fsp3) is 0.375. The maximum absolute atomic E-state index is 13.9. The van der Waals surface area contributed by atoms with Gasteiger partial charge in [0.25, 0.3) is 10.0 Å². The summed E-state index contributed by atoms with van der Waals surface area (Å²) < 4.78 is 29.0. The summed E-state index contributed by atoms with van der Waals surface area (Å²) in [6, 6.07) is 22.6. The van der Waals surface area contributed by atoms with Gasteiger partial charge in [0, 0.05) is 12.6 Å². The number of anilines is 1. The Morgan fingerprint density at radius 3 is 1.98 bits per heavy atom. The van der Waals surface area contributed by atoms with Crippen molar-refractivity contribution in [3.63, 3.8) is 0 Å². The summed E-state index contributed by atoms with van der Waals surface area (Å²) in [4.78, 5) is 28.5. The average molecular weight is 564 g/mol. The molecule has 3 rings (SSSR count). The Kier molecular flexibility index (Phi) is 10.5. The SMILES string of the molecule is Cc1ccc(S(=O)(=O)N(CC(=O)N(CCc2ccccc2)C(C)C(=O)NC(C)C)c2ccc(C(C)C)cc2)cc1. The van der Waals surface area contributed by atoms with E-state index in [1.54, 1.807) is 43.3 Å². The zero-order valence-electron chi connectivity index (χ0n) is 24.3. The van der Waals surface area contributed by atoms with Crippen LogP contribution < -0.4 is 9.62 Å². The van der Waals surface area contributed by atoms with Crippen LogP contribution in [0.5, 0.6) is 0 Å². The maximum atomic E-state index is 13.9. The van der Waals surface area contributed by atoms with Crippen LogP contribution >= 0.6 is 0 Å². The van der Waals surface area contributed by atoms with Crippen LogP contribution in [0.15, 0.2) is 83.8 Å². The van der Waals surface area contributed by atoms with Crippen LogP contribution in [0.25, 0.3) is 0 Å². The first kappa shape index (κ1) is 30.9. The first-order valence-electron chi connectivity index (χ1n) is 13.7. The van der Waals surface area contributed by atoms with Crippen LogP contribution in [0.4, 0.5) is 5.69 Å². The van der Waals surface area contributed by atoms with E-state index in [4.69, 9.17) is 0 Å². The number of aryl methyl sites for hydroxylation is 1. The number of amides is 2. The lowest BCUT2D eigenvalue weighted by molar-refractivity contribution is -0.139. The molecule has 2 amide bonds. The van der Waals surface area contributed by atoms with E-state index in [0.717, 1.165) is 21.0 Å². The third kappa shape index (κ3) is 7.94. The van der Waals surface area contributed by atoms with Crippen LogP contribution in [0.3, 0.4) is 0 Å². The molecule has 0 saturated heterocycles. The van der Waals surface area contributed by atoms with E-state index < -0.39 is 28.5 Å². The number of rotatable bonds is 12. The molecule has 0 spiro atoms. The smallest absolute Gasteiger partial charge is 0.264 e. The molecule has 1 unspecified atom stereocenters. The number of benzene rings is 3. The molecule has 0 aliphatic carbocycles. The Hall–Kier alpha value is -3.65. The van der Waals surface area contributed by atoms with Crippen LogP contribution in [-0.4, -0.2) is 50.3 Å². The van der Waals surface area contributed by atoms with Gasteiger partial charge in [-0.05, 0) is 75.4 Å². The molecule has 3 aromatic rings. The Balaban J connectivity index is 1.99. The monoisotopic (exact) mass is 563 g/mol. The van der Waals surface area contributed by atoms with Crippen LogP contribution in [0, 0.1) is 6.92 Å². The second-order valence-corrected chi connectivity index (χ2v) is 12.6. The predicted molar refractivity (Wildman–Crippen MR) is 161 cm³/mol. The molecule has 1 atom stereocenters. The van der Waals surface area contributed by atoms with Crippen molar-refractivity contribution in [3.05, 3.63) is 95.6 Å². The van der Waals surface area contributed by atoms with Crippen molar-refractivity contribution in [2.45, 2.75) is 70.9 Å². The highest BCUT2D eigenvalue weighted by molar-refractivity contribution is 7.92. The second kappa shape index (κ2) is 13.6. The van der Waals surface area contributed by atoms with E-state index in [1.807, 2.05) is 63.2 Å². The summed E-state index contributed by atoms with van der Waals surface area (Å²) >= 11 is 0. The number of carbonyl (C=O) groups excluding carboxylic acids is 2. The van der Waals surface area contributed by atoms with Gasteiger partial charge in [-0.1, -0.05) is 74.0 Å². The molecule has 0 bridgehead atoms. The summed E-state index contributed by atoms with van der Waals surface area (Å²) in [5, 5.41) is 2.87. The Bertz CT molecular complexity index is 1370. The average Bonchev–Trinajstić information content (AvgIpc) is 2.92. The normalized spacial score (nSPS) is 12.3. The molecule has 214 valence electrons. The van der Waals surface area contributed by atoms with E-state index in [2.05, 4.69) is 19.2 Å². The number of carbonyl (C=O) groups is 2. The number of hydrogen-bond donors (Lipinski definition) is 1. The molecule has 0 saturated carbocycles. The van der Waals surface area contributed by atoms with E-state index in [9.17, 15) is 18.0 Å². The summed E-state index contributed by atoms with van der Waals surface area (Å²) in [5.74, 6) is -0.469. The van der Waals surface area contributed by atoms with Crippen molar-refractivity contribution < 1.29 is 18.0 Å². The van der Waals surface area contributed by atoms with Gasteiger partial charge in [0.05, 0.1) is 10.6 Å². The van der Waals surface area contributed by atoms with Crippen LogP contribution in [0.2, 0.25) is 0 Å². The highest BCUT2D eigenvalue weighted by atomic mass is 32.2. The number of nitrogens with one attached hydrogen (secondary N) is 1. The van der Waals surface area contributed by atoms with Gasteiger partial charge in [-0.2, -0.15) is 0 Å². The van der Waals surface area contributed by atoms with Crippen molar-refractivity contribution in [2.75, 3.05) is 17.4 Å². The summed E-state index contributed by atoms with van der Waals surface area (Å²) in [6.45, 7) is 11.2. The van der Waals surface area contributed by atoms with Gasteiger partial charge in [-0.15, -0.1) is 0 Å². The van der Waals surface area contributed by atoms with Gasteiger partial charge >= 0.3 is 0 Å². The third-order valence-corrected chi connectivity index (χ3v) is 8.61. The largest absolute Gasteiger partial charge is 0.352 e. The van der Waals surface area contributed by atoms with Gasteiger partial charge in [-0.3, -0.25) is 13.9 Å². The molecule has 40 heavy (non-hydrogen) atoms. The summed E-state index contributed by atoms with van der Waals surface area (Å²) in [5.41, 5.74) is 3.40. The molecule has 0 aromatic heterocycles. The molecule has 3 aromatic carbocycles. The molecular weight excluding hydrogens is 522 g/mol.